The molecule has 19 nitrogen and oxygen atoms in total. The number of aliphatic hydroxyl groups excluding tert-OH is 1. The number of aliphatic hydroxyl groups is 1. The van der Waals surface area contributed by atoms with Crippen molar-refractivity contribution >= 4 is 59.8 Å². The Labute approximate surface area is 459 Å². The van der Waals surface area contributed by atoms with Gasteiger partial charge in [0.15, 0.2) is 10.8 Å². The molecule has 0 aromatic carbocycles. The maximum absolute atomic E-state index is 14.6. The van der Waals surface area contributed by atoms with Crippen molar-refractivity contribution in [2.24, 2.45) is 51.5 Å². The third-order valence-corrected chi connectivity index (χ3v) is 31.4. The van der Waals surface area contributed by atoms with Crippen LogP contribution in [0.2, 0.25) is 0 Å². The Balaban J connectivity index is 1.40. The van der Waals surface area contributed by atoms with E-state index in [1.54, 1.807) is 78.9 Å². The molecule has 75 heavy (non-hydrogen) atoms. The highest BCUT2D eigenvalue weighted by Gasteiger charge is 2.63. The van der Waals surface area contributed by atoms with Crippen molar-refractivity contribution in [3.05, 3.63) is 10.4 Å². The first-order valence-electron chi connectivity index (χ1n) is 28.2. The summed E-state index contributed by atoms with van der Waals surface area (Å²) in [5.74, 6) is 4.07. The van der Waals surface area contributed by atoms with E-state index in [9.17, 15) is 28.2 Å². The van der Waals surface area contributed by atoms with Crippen LogP contribution in [-0.4, -0.2) is 129 Å². The SMILES string of the molecule is CCOP(=O)(OCC)C(CNCCSC(CSCCNC(=O)CC[C@@H](C)[C@H]1CC[C@H]2[C@@H]3[C@H](O)CC4C[C@H](N=[N+]=[N-])CC[C@]4(C)[C@H]3CC[C@]12C)CC(P(=O)(OCC)OCC)P(=O)(OCC)OCC)P(=O)(OCC)OCC. The van der Waals surface area contributed by atoms with Gasteiger partial charge in [0.25, 0.3) is 0 Å². The monoisotopic (exact) mass is 1180 g/mol. The average Bonchev–Trinajstić information content (AvgIpc) is 3.71. The predicted octanol–water partition coefficient (Wildman–Crippen LogP) is 13.4. The molecule has 25 heteroatoms. The first kappa shape index (κ1) is 67.5. The zero-order chi connectivity index (χ0) is 55.5. The van der Waals surface area contributed by atoms with Crippen molar-refractivity contribution < 1.29 is 64.4 Å². The highest BCUT2D eigenvalue weighted by molar-refractivity contribution is 8.03. The van der Waals surface area contributed by atoms with Crippen LogP contribution in [0.5, 0.6) is 0 Å². The van der Waals surface area contributed by atoms with Crippen LogP contribution >= 0.6 is 53.9 Å². The average molecular weight is 1180 g/mol. The van der Waals surface area contributed by atoms with Gasteiger partial charge in [0.1, 0.15) is 0 Å². The zero-order valence-corrected chi connectivity index (χ0v) is 52.4. The summed E-state index contributed by atoms with van der Waals surface area (Å²) in [5.41, 5.74) is 9.41. The van der Waals surface area contributed by atoms with Crippen LogP contribution in [0.4, 0.5) is 0 Å². The van der Waals surface area contributed by atoms with Gasteiger partial charge in [-0.05, 0) is 171 Å². The molecule has 4 rings (SSSR count). The molecule has 1 amide bonds. The largest absolute Gasteiger partial charge is 0.393 e. The molecule has 4 aliphatic rings. The van der Waals surface area contributed by atoms with Gasteiger partial charge >= 0.3 is 30.4 Å². The summed E-state index contributed by atoms with van der Waals surface area (Å²) < 4.78 is 103. The molecule has 0 aromatic heterocycles. The maximum Gasteiger partial charge on any atom is 0.347 e. The number of carbonyl (C=O) groups is 1. The second kappa shape index (κ2) is 32.0. The van der Waals surface area contributed by atoms with E-state index in [1.165, 1.54) is 0 Å². The van der Waals surface area contributed by atoms with E-state index in [2.05, 4.69) is 41.4 Å². The minimum Gasteiger partial charge on any atom is -0.393 e. The van der Waals surface area contributed by atoms with E-state index in [0.29, 0.717) is 66.4 Å². The lowest BCUT2D eigenvalue weighted by molar-refractivity contribution is -0.166. The van der Waals surface area contributed by atoms with Crippen LogP contribution in [0.15, 0.2) is 5.11 Å². The summed E-state index contributed by atoms with van der Waals surface area (Å²) in [5, 5.41) is 19.6. The Morgan fingerprint density at radius 2 is 1.21 bits per heavy atom. The van der Waals surface area contributed by atoms with Crippen molar-refractivity contribution in [3.8, 4) is 0 Å². The molecule has 4 saturated carbocycles. The van der Waals surface area contributed by atoms with Gasteiger partial charge in [-0.2, -0.15) is 23.5 Å². The van der Waals surface area contributed by atoms with Gasteiger partial charge in [-0.15, -0.1) is 0 Å². The summed E-state index contributed by atoms with van der Waals surface area (Å²) in [4.78, 5) is 16.6. The molecule has 0 aliphatic heterocycles. The lowest BCUT2D eigenvalue weighted by atomic mass is 9.43. The van der Waals surface area contributed by atoms with Crippen molar-refractivity contribution in [2.75, 3.05) is 89.7 Å². The Kier molecular flexibility index (Phi) is 28.8. The van der Waals surface area contributed by atoms with Crippen LogP contribution in [-0.2, 0) is 59.2 Å². The van der Waals surface area contributed by atoms with Crippen molar-refractivity contribution in [2.45, 2.75) is 175 Å². The molecule has 4 aliphatic carbocycles. The molecular weight excluding hydrogens is 1080 g/mol. The summed E-state index contributed by atoms with van der Waals surface area (Å²) in [6.45, 7) is 22.0. The lowest BCUT2D eigenvalue weighted by Crippen LogP contribution is -2.58. The van der Waals surface area contributed by atoms with Crippen molar-refractivity contribution in [3.63, 3.8) is 0 Å². The molecule has 0 heterocycles. The number of nitrogens with one attached hydrogen (secondary N) is 2. The molecule has 4 fully saturated rings. The van der Waals surface area contributed by atoms with Gasteiger partial charge in [0.05, 0.1) is 59.0 Å². The van der Waals surface area contributed by atoms with Gasteiger partial charge in [0, 0.05) is 59.5 Å². The van der Waals surface area contributed by atoms with E-state index < -0.39 is 41.2 Å². The number of carbonyl (C=O) groups excluding carboxylic acids is 1. The minimum absolute atomic E-state index is 0.0133. The summed E-state index contributed by atoms with van der Waals surface area (Å²) in [6, 6.07) is 0.0325. The number of azide groups is 1. The van der Waals surface area contributed by atoms with Crippen LogP contribution in [0.3, 0.4) is 0 Å². The molecule has 0 aromatic rings. The summed E-state index contributed by atoms with van der Waals surface area (Å²) in [6.07, 6.45) is 9.15. The van der Waals surface area contributed by atoms with Crippen LogP contribution in [0.25, 0.3) is 10.4 Å². The van der Waals surface area contributed by atoms with E-state index in [0.717, 1.165) is 57.8 Å². The Hall–Kier alpha value is -0.000000000000000153. The number of rotatable bonds is 38. The molecule has 11 atom stereocenters. The molecule has 3 N–H and O–H groups in total. The fourth-order valence-electron chi connectivity index (χ4n) is 13.5. The van der Waals surface area contributed by atoms with Gasteiger partial charge in [-0.3, -0.25) is 23.1 Å². The lowest BCUT2D eigenvalue weighted by Gasteiger charge is -2.62. The van der Waals surface area contributed by atoms with E-state index in [-0.39, 0.29) is 106 Å². The molecule has 0 radical (unpaired) electrons. The van der Waals surface area contributed by atoms with E-state index in [4.69, 9.17) is 41.7 Å². The summed E-state index contributed by atoms with van der Waals surface area (Å²) in [7, 11) is -16.1. The number of amides is 1. The topological polar surface area (TPSA) is 252 Å². The van der Waals surface area contributed by atoms with Gasteiger partial charge in [-0.1, -0.05) is 25.9 Å². The van der Waals surface area contributed by atoms with Crippen LogP contribution < -0.4 is 10.6 Å². The Morgan fingerprint density at radius 3 is 1.73 bits per heavy atom. The molecule has 438 valence electrons. The number of hydrogen-bond acceptors (Lipinski definition) is 18. The Bertz CT molecular complexity index is 1900. The smallest absolute Gasteiger partial charge is 0.347 e. The second-order valence-corrected chi connectivity index (χ2v) is 33.2. The standard InChI is InChI=1S/C50H97N5O14P4S2/c1-12-62-70(58,63-13-2)46(71(59,64-14-3)65-15-4)34-40(75-31-28-52-35-47(72(60,66-16-5)67-17-6)73(61,68-18-7)69-19-8)36-74-30-29-53-45(57)23-20-37(9)41-21-22-42-48-43(25-27-50(41,42)11)49(10)26-24-39(54-55-51)32-38(49)33-44(48)56/h37-44,46-48,52,56H,12-36H2,1-11H3,(H,53,57)/t37-,38?,39-,40?,41-,42+,43+,44-,48+,49+,50-/m1/s1. The fourth-order valence-corrected chi connectivity index (χ4v) is 26.9. The number of hydrogen-bond donors (Lipinski definition) is 3. The van der Waals surface area contributed by atoms with Gasteiger partial charge < -0.3 is 51.9 Å². The van der Waals surface area contributed by atoms with Crippen molar-refractivity contribution in [1.29, 1.82) is 0 Å². The summed E-state index contributed by atoms with van der Waals surface area (Å²) >= 11 is 3.16. The van der Waals surface area contributed by atoms with Crippen molar-refractivity contribution in [1.82, 2.24) is 10.6 Å². The third kappa shape index (κ3) is 17.3. The number of fused-ring (bicyclic) bond motifs is 5. The normalized spacial score (nSPS) is 28.1. The van der Waals surface area contributed by atoms with Crippen LogP contribution in [0, 0.1) is 46.3 Å². The third-order valence-electron chi connectivity index (χ3n) is 16.7. The van der Waals surface area contributed by atoms with Gasteiger partial charge in [0.2, 0.25) is 5.91 Å². The first-order valence-corrected chi connectivity index (χ1v) is 36.8. The molecular formula is C50H97N5O14P4S2. The number of thioether (sulfide) groups is 2. The quantitative estimate of drug-likeness (QED) is 0.0171. The Morgan fingerprint density at radius 1 is 0.707 bits per heavy atom. The minimum atomic E-state index is -4.05. The fraction of sp³-hybridized carbons (Fsp3) is 0.980. The highest BCUT2D eigenvalue weighted by Crippen LogP contribution is 2.73. The highest BCUT2D eigenvalue weighted by atomic mass is 32.2. The molecule has 0 spiro atoms. The maximum atomic E-state index is 14.6. The zero-order valence-electron chi connectivity index (χ0n) is 47.2. The molecule has 2 unspecified atom stereocenters. The van der Waals surface area contributed by atoms with Gasteiger partial charge in [-0.25, -0.2) is 0 Å². The van der Waals surface area contributed by atoms with Crippen LogP contribution in [0.1, 0.15) is 147 Å². The van der Waals surface area contributed by atoms with E-state index in [1.807, 2.05) is 0 Å². The molecule has 0 saturated heterocycles. The van der Waals surface area contributed by atoms with E-state index >= 15 is 0 Å². The second-order valence-electron chi connectivity index (χ2n) is 21.0. The molecule has 0 bridgehead atoms. The first-order chi connectivity index (χ1) is 35.7. The predicted molar refractivity (Wildman–Crippen MR) is 303 cm³/mol. The number of nitrogens with zero attached hydrogens (tertiary/aromatic N) is 3.